The number of sulfone groups is 1. The van der Waals surface area contributed by atoms with E-state index in [4.69, 9.17) is 27.9 Å². The third-order valence-electron chi connectivity index (χ3n) is 4.57. The summed E-state index contributed by atoms with van der Waals surface area (Å²) in [4.78, 5) is 18.3. The number of thioether (sulfide) groups is 1. The van der Waals surface area contributed by atoms with E-state index in [0.29, 0.717) is 26.6 Å². The molecule has 2 saturated heterocycles. The largest absolute Gasteiger partial charge is 0.484 e. The van der Waals surface area contributed by atoms with Crippen molar-refractivity contribution < 1.29 is 17.9 Å². The molecule has 0 bridgehead atoms. The van der Waals surface area contributed by atoms with Crippen molar-refractivity contribution in [1.82, 2.24) is 0 Å². The Morgan fingerprint density at radius 2 is 1.79 bits per heavy atom. The molecule has 2 heterocycles. The van der Waals surface area contributed by atoms with Crippen LogP contribution in [0.3, 0.4) is 0 Å². The van der Waals surface area contributed by atoms with Crippen molar-refractivity contribution in [2.75, 3.05) is 23.0 Å². The lowest BCUT2D eigenvalue weighted by molar-refractivity contribution is -0.119. The number of ether oxygens (including phenoxy) is 1. The summed E-state index contributed by atoms with van der Waals surface area (Å²) in [5.41, 5.74) is 0.462. The maximum Gasteiger partial charge on any atom is 0.285 e. The highest BCUT2D eigenvalue weighted by molar-refractivity contribution is 8.16. The van der Waals surface area contributed by atoms with E-state index < -0.39 is 15.7 Å². The number of nitrogens with zero attached hydrogens (tertiary/aromatic N) is 2. The molecule has 10 heteroatoms. The molecule has 2 aromatic rings. The third-order valence-corrected chi connectivity index (χ3v) is 8.39. The molecule has 0 unspecified atom stereocenters. The normalized spacial score (nSPS) is 23.9. The summed E-state index contributed by atoms with van der Waals surface area (Å²) in [7, 11) is -3.18. The predicted molar refractivity (Wildman–Crippen MR) is 117 cm³/mol. The van der Waals surface area contributed by atoms with Gasteiger partial charge in [0.25, 0.3) is 5.91 Å². The maximum atomic E-state index is 12.4. The Morgan fingerprint density at radius 3 is 2.48 bits per heavy atom. The van der Waals surface area contributed by atoms with E-state index in [9.17, 15) is 13.2 Å². The quantitative estimate of drug-likeness (QED) is 0.678. The van der Waals surface area contributed by atoms with Crippen molar-refractivity contribution in [2.24, 2.45) is 4.99 Å². The Bertz CT molecular complexity index is 1060. The third kappa shape index (κ3) is 4.40. The molecule has 2 atom stereocenters. The number of rotatable bonds is 4. The molecule has 2 aliphatic heterocycles. The lowest BCUT2D eigenvalue weighted by atomic mass is 10.2. The van der Waals surface area contributed by atoms with Crippen LogP contribution in [0.2, 0.25) is 10.0 Å². The summed E-state index contributed by atoms with van der Waals surface area (Å²) in [6.45, 7) is -0.230. The molecule has 0 radical (unpaired) electrons. The Kier molecular flexibility index (Phi) is 5.79. The number of hydrogen-bond acceptors (Lipinski definition) is 5. The van der Waals surface area contributed by atoms with Gasteiger partial charge in [0.2, 0.25) is 0 Å². The minimum absolute atomic E-state index is 0.0225. The smallest absolute Gasteiger partial charge is 0.285 e. The zero-order chi connectivity index (χ0) is 20.6. The highest BCUT2D eigenvalue weighted by atomic mass is 35.5. The van der Waals surface area contributed by atoms with Crippen molar-refractivity contribution in [3.05, 3.63) is 58.6 Å². The summed E-state index contributed by atoms with van der Waals surface area (Å²) < 4.78 is 29.8. The van der Waals surface area contributed by atoms with Gasteiger partial charge in [0.1, 0.15) is 5.75 Å². The van der Waals surface area contributed by atoms with Gasteiger partial charge in [-0.3, -0.25) is 4.79 Å². The molecule has 29 heavy (non-hydrogen) atoms. The zero-order valence-electron chi connectivity index (χ0n) is 15.0. The monoisotopic (exact) mass is 470 g/mol. The number of fused-ring (bicyclic) bond motifs is 1. The fourth-order valence-corrected chi connectivity index (χ4v) is 7.84. The van der Waals surface area contributed by atoms with Crippen LogP contribution in [0.1, 0.15) is 0 Å². The minimum atomic E-state index is -3.18. The van der Waals surface area contributed by atoms with E-state index in [1.807, 2.05) is 6.07 Å². The molecule has 0 N–H and O–H groups in total. The molecule has 4 rings (SSSR count). The maximum absolute atomic E-state index is 12.4. The van der Waals surface area contributed by atoms with Crippen LogP contribution in [-0.4, -0.2) is 48.9 Å². The lowest BCUT2D eigenvalue weighted by Crippen LogP contribution is -2.38. The average molecular weight is 471 g/mol. The van der Waals surface area contributed by atoms with Crippen LogP contribution in [-0.2, 0) is 14.6 Å². The van der Waals surface area contributed by atoms with Gasteiger partial charge < -0.3 is 9.64 Å². The SMILES string of the molecule is O=C(COc1ccccc1)N=C1S[C@@H]2CS(=O)(=O)C[C@H]2N1c1c(Cl)cccc1Cl. The van der Waals surface area contributed by atoms with Crippen molar-refractivity contribution >= 4 is 61.6 Å². The first-order chi connectivity index (χ1) is 13.8. The summed E-state index contributed by atoms with van der Waals surface area (Å²) >= 11 is 14.0. The van der Waals surface area contributed by atoms with E-state index in [0.717, 1.165) is 0 Å². The molecule has 152 valence electrons. The van der Waals surface area contributed by atoms with Gasteiger partial charge in [-0.2, -0.15) is 4.99 Å². The molecule has 0 spiro atoms. The molecule has 6 nitrogen and oxygen atoms in total. The second-order valence-corrected chi connectivity index (χ2v) is 10.8. The lowest BCUT2D eigenvalue weighted by Gasteiger charge is -2.26. The number of amides is 1. The molecular formula is C19H16Cl2N2O4S2. The molecule has 0 saturated carbocycles. The first-order valence-corrected chi connectivity index (χ1v) is 12.2. The van der Waals surface area contributed by atoms with Crippen LogP contribution in [0.4, 0.5) is 5.69 Å². The number of carbonyl (C=O) groups is 1. The number of aliphatic imine (C=N–C) groups is 1. The van der Waals surface area contributed by atoms with E-state index >= 15 is 0 Å². The van der Waals surface area contributed by atoms with Gasteiger partial charge in [0.15, 0.2) is 21.6 Å². The minimum Gasteiger partial charge on any atom is -0.484 e. The number of para-hydroxylation sites is 2. The first-order valence-electron chi connectivity index (χ1n) is 8.74. The second kappa shape index (κ2) is 8.18. The van der Waals surface area contributed by atoms with Crippen LogP contribution < -0.4 is 9.64 Å². The average Bonchev–Trinajstić information content (AvgIpc) is 3.13. The van der Waals surface area contributed by atoms with Gasteiger partial charge in [-0.05, 0) is 24.3 Å². The highest BCUT2D eigenvalue weighted by Gasteiger charge is 2.50. The Hall–Kier alpha value is -1.74. The molecule has 0 aromatic heterocycles. The first kappa shape index (κ1) is 20.5. The van der Waals surface area contributed by atoms with Crippen LogP contribution in [0, 0.1) is 0 Å². The van der Waals surface area contributed by atoms with Crippen LogP contribution in [0.15, 0.2) is 53.5 Å². The van der Waals surface area contributed by atoms with Gasteiger partial charge in [-0.1, -0.05) is 59.2 Å². The number of anilines is 1. The molecule has 0 aliphatic carbocycles. The van der Waals surface area contributed by atoms with Crippen LogP contribution >= 0.6 is 35.0 Å². The Balaban J connectivity index is 1.63. The van der Waals surface area contributed by atoms with E-state index in [1.165, 1.54) is 11.8 Å². The molecule has 2 aromatic carbocycles. The number of carbonyl (C=O) groups excluding carboxylic acids is 1. The summed E-state index contributed by atoms with van der Waals surface area (Å²) in [5.74, 6) is 0.0654. The Morgan fingerprint density at radius 1 is 1.10 bits per heavy atom. The van der Waals surface area contributed by atoms with Gasteiger partial charge in [-0.15, -0.1) is 0 Å². The van der Waals surface area contributed by atoms with Gasteiger partial charge in [-0.25, -0.2) is 8.42 Å². The second-order valence-electron chi connectivity index (χ2n) is 6.63. The molecule has 2 fully saturated rings. The number of hydrogen-bond donors (Lipinski definition) is 0. The van der Waals surface area contributed by atoms with Crippen molar-refractivity contribution in [3.63, 3.8) is 0 Å². The van der Waals surface area contributed by atoms with E-state index in [2.05, 4.69) is 4.99 Å². The van der Waals surface area contributed by atoms with Gasteiger partial charge >= 0.3 is 0 Å². The highest BCUT2D eigenvalue weighted by Crippen LogP contribution is 2.45. The van der Waals surface area contributed by atoms with E-state index in [1.54, 1.807) is 47.4 Å². The molecular weight excluding hydrogens is 455 g/mol. The summed E-state index contributed by atoms with van der Waals surface area (Å²) in [5, 5.41) is 0.868. The predicted octanol–water partition coefficient (Wildman–Crippen LogP) is 3.67. The van der Waals surface area contributed by atoms with Gasteiger partial charge in [0.05, 0.1) is 33.3 Å². The Labute approximate surface area is 182 Å². The topological polar surface area (TPSA) is 76.0 Å². The van der Waals surface area contributed by atoms with Crippen LogP contribution in [0.5, 0.6) is 5.75 Å². The zero-order valence-corrected chi connectivity index (χ0v) is 18.1. The fraction of sp³-hybridized carbons (Fsp3) is 0.263. The van der Waals surface area contributed by atoms with Crippen LogP contribution in [0.25, 0.3) is 0 Å². The number of benzene rings is 2. The number of amidine groups is 1. The van der Waals surface area contributed by atoms with E-state index in [-0.39, 0.29) is 29.4 Å². The fourth-order valence-electron chi connectivity index (χ4n) is 3.35. The molecule has 1 amide bonds. The van der Waals surface area contributed by atoms with Crippen molar-refractivity contribution in [2.45, 2.75) is 11.3 Å². The number of halogens is 2. The van der Waals surface area contributed by atoms with Crippen molar-refractivity contribution in [1.29, 1.82) is 0 Å². The van der Waals surface area contributed by atoms with Crippen molar-refractivity contribution in [3.8, 4) is 5.75 Å². The van der Waals surface area contributed by atoms with Gasteiger partial charge in [0, 0.05) is 5.25 Å². The molecule has 2 aliphatic rings. The standard InChI is InChI=1S/C19H16Cl2N2O4S2/c20-13-7-4-8-14(21)18(13)23-15-10-29(25,26)11-16(15)28-19(23)22-17(24)9-27-12-5-2-1-3-6-12/h1-8,15-16H,9-11H2/t15-,16-/m1/s1. The summed E-state index contributed by atoms with van der Waals surface area (Å²) in [6, 6.07) is 13.6. The summed E-state index contributed by atoms with van der Waals surface area (Å²) in [6.07, 6.45) is 0.